The summed E-state index contributed by atoms with van der Waals surface area (Å²) in [4.78, 5) is 22.8. The lowest BCUT2D eigenvalue weighted by molar-refractivity contribution is -0.141. The lowest BCUT2D eigenvalue weighted by atomic mass is 9.92. The van der Waals surface area contributed by atoms with E-state index in [2.05, 4.69) is 6.92 Å². The molecule has 100 valence electrons. The molecular formula is C15H22O3. The van der Waals surface area contributed by atoms with Crippen LogP contribution in [0.15, 0.2) is 12.2 Å². The molecule has 0 radical (unpaired) electrons. The predicted molar refractivity (Wildman–Crippen MR) is 69.0 cm³/mol. The van der Waals surface area contributed by atoms with E-state index in [1.807, 2.05) is 6.08 Å². The smallest absolute Gasteiger partial charge is 0.306 e. The largest absolute Gasteiger partial charge is 0.462 e. The first kappa shape index (κ1) is 13.3. The zero-order valence-corrected chi connectivity index (χ0v) is 11.1. The Kier molecular flexibility index (Phi) is 4.56. The van der Waals surface area contributed by atoms with Crippen molar-refractivity contribution in [2.45, 2.75) is 58.0 Å². The minimum Gasteiger partial charge on any atom is -0.462 e. The van der Waals surface area contributed by atoms with Crippen LogP contribution in [0.25, 0.3) is 0 Å². The van der Waals surface area contributed by atoms with Crippen LogP contribution in [-0.2, 0) is 14.3 Å². The number of esters is 1. The molecule has 0 bridgehead atoms. The highest BCUT2D eigenvalue weighted by molar-refractivity contribution is 5.89. The quantitative estimate of drug-likeness (QED) is 0.413. The van der Waals surface area contributed by atoms with Crippen molar-refractivity contribution in [2.75, 3.05) is 0 Å². The SMILES string of the molecule is CCCCCC(=O)/C=C/C1CC[C@H]2OC(=O)C[C@@H]12. The summed E-state index contributed by atoms with van der Waals surface area (Å²) in [6.07, 6.45) is 10.3. The lowest BCUT2D eigenvalue weighted by Gasteiger charge is -2.10. The van der Waals surface area contributed by atoms with Crippen molar-refractivity contribution in [1.29, 1.82) is 0 Å². The van der Waals surface area contributed by atoms with E-state index < -0.39 is 0 Å². The standard InChI is InChI=1S/C15H22O3/c1-2-3-4-5-12(16)8-6-11-7-9-14-13(11)10-15(17)18-14/h6,8,11,13-14H,2-5,7,9-10H2,1H3/b8-6+/t11?,13-,14+/m0/s1. The molecule has 3 atom stereocenters. The first-order chi connectivity index (χ1) is 8.70. The number of unbranched alkanes of at least 4 members (excludes halogenated alkanes) is 2. The van der Waals surface area contributed by atoms with Crippen LogP contribution in [0.4, 0.5) is 0 Å². The van der Waals surface area contributed by atoms with Crippen LogP contribution < -0.4 is 0 Å². The Morgan fingerprint density at radius 2 is 2.22 bits per heavy atom. The van der Waals surface area contributed by atoms with Crippen LogP contribution in [-0.4, -0.2) is 17.9 Å². The third-order valence-corrected chi connectivity index (χ3v) is 4.05. The second kappa shape index (κ2) is 6.17. The molecule has 3 heteroatoms. The Hall–Kier alpha value is -1.12. The number of hydrogen-bond donors (Lipinski definition) is 0. The Balaban J connectivity index is 1.79. The van der Waals surface area contributed by atoms with Crippen molar-refractivity contribution in [1.82, 2.24) is 0 Å². The number of ether oxygens (including phenoxy) is 1. The molecule has 3 nitrogen and oxygen atoms in total. The first-order valence-electron chi connectivity index (χ1n) is 7.11. The molecule has 2 rings (SSSR count). The van der Waals surface area contributed by atoms with Crippen LogP contribution in [0.1, 0.15) is 51.9 Å². The van der Waals surface area contributed by atoms with Gasteiger partial charge in [0.25, 0.3) is 0 Å². The molecule has 1 unspecified atom stereocenters. The molecule has 0 aromatic carbocycles. The van der Waals surface area contributed by atoms with Crippen LogP contribution in [0, 0.1) is 11.8 Å². The molecule has 1 saturated carbocycles. The molecular weight excluding hydrogens is 228 g/mol. The van der Waals surface area contributed by atoms with Gasteiger partial charge in [0.1, 0.15) is 6.10 Å². The molecule has 0 aromatic heterocycles. The molecule has 0 aromatic rings. The summed E-state index contributed by atoms with van der Waals surface area (Å²) in [5, 5.41) is 0. The van der Waals surface area contributed by atoms with Crippen molar-refractivity contribution >= 4 is 11.8 Å². The zero-order chi connectivity index (χ0) is 13.0. The number of carbonyl (C=O) groups excluding carboxylic acids is 2. The van der Waals surface area contributed by atoms with Gasteiger partial charge in [0.05, 0.1) is 6.42 Å². The summed E-state index contributed by atoms with van der Waals surface area (Å²) in [5.41, 5.74) is 0. The number of allylic oxidation sites excluding steroid dienone is 2. The van der Waals surface area contributed by atoms with E-state index in [1.54, 1.807) is 6.08 Å². The van der Waals surface area contributed by atoms with Gasteiger partial charge < -0.3 is 4.74 Å². The van der Waals surface area contributed by atoms with Crippen molar-refractivity contribution in [3.05, 3.63) is 12.2 Å². The van der Waals surface area contributed by atoms with E-state index >= 15 is 0 Å². The molecule has 0 amide bonds. The number of ketones is 1. The van der Waals surface area contributed by atoms with E-state index in [9.17, 15) is 9.59 Å². The highest BCUT2D eigenvalue weighted by atomic mass is 16.5. The van der Waals surface area contributed by atoms with Crippen molar-refractivity contribution in [3.63, 3.8) is 0 Å². The second-order valence-electron chi connectivity index (χ2n) is 5.42. The van der Waals surface area contributed by atoms with E-state index in [1.165, 1.54) is 0 Å². The molecule has 1 saturated heterocycles. The van der Waals surface area contributed by atoms with Gasteiger partial charge in [0.2, 0.25) is 0 Å². The Labute approximate surface area is 109 Å². The summed E-state index contributed by atoms with van der Waals surface area (Å²) < 4.78 is 5.24. The fourth-order valence-electron chi connectivity index (χ4n) is 3.00. The summed E-state index contributed by atoms with van der Waals surface area (Å²) >= 11 is 0. The highest BCUT2D eigenvalue weighted by Crippen LogP contribution is 2.41. The Bertz CT molecular complexity index is 346. The fraction of sp³-hybridized carbons (Fsp3) is 0.733. The number of hydrogen-bond acceptors (Lipinski definition) is 3. The summed E-state index contributed by atoms with van der Waals surface area (Å²) in [6.45, 7) is 2.14. The molecule has 0 spiro atoms. The molecule has 0 N–H and O–H groups in total. The van der Waals surface area contributed by atoms with E-state index in [-0.39, 0.29) is 17.9 Å². The molecule has 1 aliphatic heterocycles. The number of fused-ring (bicyclic) bond motifs is 1. The topological polar surface area (TPSA) is 43.4 Å². The van der Waals surface area contributed by atoms with Gasteiger partial charge in [0, 0.05) is 12.3 Å². The van der Waals surface area contributed by atoms with Crippen LogP contribution in [0.3, 0.4) is 0 Å². The predicted octanol–water partition coefficient (Wildman–Crippen LogP) is 3.03. The zero-order valence-electron chi connectivity index (χ0n) is 11.1. The van der Waals surface area contributed by atoms with E-state index in [0.717, 1.165) is 32.1 Å². The minimum absolute atomic E-state index is 0.0719. The normalized spacial score (nSPS) is 30.7. The molecule has 1 aliphatic carbocycles. The van der Waals surface area contributed by atoms with E-state index in [0.29, 0.717) is 24.7 Å². The van der Waals surface area contributed by atoms with Crippen LogP contribution in [0.2, 0.25) is 0 Å². The summed E-state index contributed by atoms with van der Waals surface area (Å²) in [7, 11) is 0. The lowest BCUT2D eigenvalue weighted by Crippen LogP contribution is -2.12. The van der Waals surface area contributed by atoms with E-state index in [4.69, 9.17) is 4.74 Å². The summed E-state index contributed by atoms with van der Waals surface area (Å²) in [6, 6.07) is 0. The Morgan fingerprint density at radius 1 is 1.39 bits per heavy atom. The average Bonchev–Trinajstić information content (AvgIpc) is 2.86. The van der Waals surface area contributed by atoms with Crippen molar-refractivity contribution in [3.8, 4) is 0 Å². The second-order valence-corrected chi connectivity index (χ2v) is 5.42. The van der Waals surface area contributed by atoms with Crippen molar-refractivity contribution < 1.29 is 14.3 Å². The van der Waals surface area contributed by atoms with Gasteiger partial charge in [-0.1, -0.05) is 25.8 Å². The number of rotatable bonds is 6. The van der Waals surface area contributed by atoms with Crippen LogP contribution >= 0.6 is 0 Å². The molecule has 1 heterocycles. The average molecular weight is 250 g/mol. The summed E-state index contributed by atoms with van der Waals surface area (Å²) in [5.74, 6) is 0.822. The third-order valence-electron chi connectivity index (χ3n) is 4.05. The fourth-order valence-corrected chi connectivity index (χ4v) is 3.00. The van der Waals surface area contributed by atoms with Gasteiger partial charge in [-0.3, -0.25) is 9.59 Å². The van der Waals surface area contributed by atoms with Gasteiger partial charge in [-0.15, -0.1) is 0 Å². The van der Waals surface area contributed by atoms with Gasteiger partial charge >= 0.3 is 5.97 Å². The van der Waals surface area contributed by atoms with Gasteiger partial charge in [-0.25, -0.2) is 0 Å². The van der Waals surface area contributed by atoms with Gasteiger partial charge in [-0.2, -0.15) is 0 Å². The third kappa shape index (κ3) is 3.21. The maximum Gasteiger partial charge on any atom is 0.306 e. The highest BCUT2D eigenvalue weighted by Gasteiger charge is 2.43. The van der Waals surface area contributed by atoms with Crippen molar-refractivity contribution in [2.24, 2.45) is 11.8 Å². The monoisotopic (exact) mass is 250 g/mol. The van der Waals surface area contributed by atoms with Crippen LogP contribution in [0.5, 0.6) is 0 Å². The minimum atomic E-state index is -0.0719. The van der Waals surface area contributed by atoms with Gasteiger partial charge in [0.15, 0.2) is 5.78 Å². The molecule has 18 heavy (non-hydrogen) atoms. The molecule has 2 aliphatic rings. The first-order valence-corrected chi connectivity index (χ1v) is 7.11. The number of carbonyl (C=O) groups is 2. The van der Waals surface area contributed by atoms with Gasteiger partial charge in [-0.05, 0) is 31.3 Å². The Morgan fingerprint density at radius 3 is 3.00 bits per heavy atom. The maximum atomic E-state index is 11.6. The molecule has 2 fully saturated rings. The maximum absolute atomic E-state index is 11.6.